The molecule has 2 aromatic rings. The highest BCUT2D eigenvalue weighted by molar-refractivity contribution is 7.55. The number of nitrogen functional groups attached to an aromatic ring is 1. The van der Waals surface area contributed by atoms with E-state index >= 15 is 0 Å². The van der Waals surface area contributed by atoms with Crippen molar-refractivity contribution in [2.24, 2.45) is 0 Å². The molecule has 6 atom stereocenters. The number of anilines is 1. The van der Waals surface area contributed by atoms with Crippen LogP contribution in [-0.4, -0.2) is 131 Å². The zero-order valence-corrected chi connectivity index (χ0v) is 29.9. The summed E-state index contributed by atoms with van der Waals surface area (Å²) in [5, 5.41) is 0. The monoisotopic (exact) mass is 703 g/mol. The minimum absolute atomic E-state index is 0.0480. The van der Waals surface area contributed by atoms with Crippen molar-refractivity contribution in [1.29, 1.82) is 0 Å². The topological polar surface area (TPSA) is 200 Å². The zero-order valence-electron chi connectivity index (χ0n) is 28.1. The van der Waals surface area contributed by atoms with Gasteiger partial charge in [0.05, 0.1) is 32.0 Å². The molecule has 0 spiro atoms. The summed E-state index contributed by atoms with van der Waals surface area (Å²) in [6, 6.07) is 1.63. The lowest BCUT2D eigenvalue weighted by molar-refractivity contribution is -0.142. The fraction of sp³-hybridized carbons (Fsp3) is 0.704. The molecule has 2 aliphatic heterocycles. The predicted molar refractivity (Wildman–Crippen MR) is 175 cm³/mol. The van der Waals surface area contributed by atoms with Gasteiger partial charge >= 0.3 is 19.0 Å². The Bertz CT molecular complexity index is 1680. The lowest BCUT2D eigenvalue weighted by atomic mass is 10.2. The maximum atomic E-state index is 14.8. The molecule has 2 aliphatic rings. The Morgan fingerprint density at radius 1 is 0.979 bits per heavy atom. The fourth-order valence-electron chi connectivity index (χ4n) is 5.17. The van der Waals surface area contributed by atoms with Gasteiger partial charge in [-0.05, 0) is 55.0 Å². The Kier molecular flexibility index (Phi) is 11.9. The summed E-state index contributed by atoms with van der Waals surface area (Å²) in [4.78, 5) is 45.8. The van der Waals surface area contributed by atoms with Crippen molar-refractivity contribution < 1.29 is 27.7 Å². The molecule has 2 saturated heterocycles. The fourth-order valence-corrected chi connectivity index (χ4v) is 7.84. The molecule has 0 saturated carbocycles. The third-order valence-corrected chi connectivity index (χ3v) is 12.8. The van der Waals surface area contributed by atoms with Crippen LogP contribution in [0, 0.1) is 6.92 Å². The first kappa shape index (κ1) is 37.3. The van der Waals surface area contributed by atoms with Gasteiger partial charge in [-0.3, -0.25) is 32.9 Å². The van der Waals surface area contributed by atoms with E-state index in [1.807, 2.05) is 13.8 Å². The van der Waals surface area contributed by atoms with Gasteiger partial charge in [-0.15, -0.1) is 0 Å². The standard InChI is InChI=1S/C27H47N9O9P2/c1-18(2)33-12-20(44-23(14-33)35-10-9-22(28)29-26(35)38)17-43-47(41,32(6)7)34-13-21(16-42-46(8,40)31(4)5)45-24(15-34)36-11-19(3)25(37)30-27(36)39/h9-11,18,20-21,23-24H,12-17H2,1-8H3,(H2,28,29,38)(H,30,37,39)/t20-,21-,23+,24+,46?,47?/m0/s1. The second-order valence-corrected chi connectivity index (χ2v) is 17.7. The number of hydrogen-bond acceptors (Lipinski definition) is 12. The van der Waals surface area contributed by atoms with Crippen LogP contribution >= 0.6 is 15.2 Å². The molecule has 4 rings (SSSR count). The number of nitrogens with one attached hydrogen (secondary N) is 1. The minimum Gasteiger partial charge on any atom is -0.383 e. The molecule has 0 amide bonds. The molecule has 0 aliphatic carbocycles. The van der Waals surface area contributed by atoms with Crippen LogP contribution in [0.25, 0.3) is 0 Å². The number of ether oxygens (including phenoxy) is 2. The van der Waals surface area contributed by atoms with Gasteiger partial charge in [0.2, 0.25) is 0 Å². The number of nitrogens with zero attached hydrogens (tertiary/aromatic N) is 7. The summed E-state index contributed by atoms with van der Waals surface area (Å²) in [6.45, 7) is 7.71. The van der Waals surface area contributed by atoms with Crippen LogP contribution in [0.2, 0.25) is 0 Å². The quantitative estimate of drug-likeness (QED) is 0.291. The Labute approximate surface area is 273 Å². The average Bonchev–Trinajstić information content (AvgIpc) is 3.00. The van der Waals surface area contributed by atoms with Crippen molar-refractivity contribution in [3.8, 4) is 0 Å². The Morgan fingerprint density at radius 3 is 2.19 bits per heavy atom. The van der Waals surface area contributed by atoms with Gasteiger partial charge in [0.1, 0.15) is 5.82 Å². The van der Waals surface area contributed by atoms with Crippen LogP contribution in [0.3, 0.4) is 0 Å². The lowest BCUT2D eigenvalue weighted by Crippen LogP contribution is -2.52. The zero-order chi connectivity index (χ0) is 34.8. The summed E-state index contributed by atoms with van der Waals surface area (Å²) in [6.07, 6.45) is -0.141. The van der Waals surface area contributed by atoms with Gasteiger partial charge in [0.15, 0.2) is 12.5 Å². The van der Waals surface area contributed by atoms with Crippen molar-refractivity contribution in [2.45, 2.75) is 51.5 Å². The molecular weight excluding hydrogens is 656 g/mol. The van der Waals surface area contributed by atoms with E-state index in [1.54, 1.807) is 39.8 Å². The van der Waals surface area contributed by atoms with Gasteiger partial charge in [-0.2, -0.15) is 4.98 Å². The van der Waals surface area contributed by atoms with E-state index in [0.29, 0.717) is 13.1 Å². The third kappa shape index (κ3) is 8.76. The molecule has 0 aromatic carbocycles. The van der Waals surface area contributed by atoms with Crippen molar-refractivity contribution in [2.75, 3.05) is 80.0 Å². The van der Waals surface area contributed by atoms with Crippen LogP contribution in [-0.2, 0) is 27.7 Å². The van der Waals surface area contributed by atoms with E-state index in [2.05, 4.69) is 14.9 Å². The molecule has 18 nitrogen and oxygen atoms in total. The van der Waals surface area contributed by atoms with E-state index in [0.717, 1.165) is 0 Å². The maximum Gasteiger partial charge on any atom is 0.351 e. The number of hydrogen-bond donors (Lipinski definition) is 2. The highest BCUT2D eigenvalue weighted by Crippen LogP contribution is 2.55. The molecule has 264 valence electrons. The molecule has 4 heterocycles. The molecule has 2 aromatic heterocycles. The van der Waals surface area contributed by atoms with E-state index < -0.39 is 56.8 Å². The van der Waals surface area contributed by atoms with Gasteiger partial charge in [0.25, 0.3) is 13.1 Å². The van der Waals surface area contributed by atoms with Crippen molar-refractivity contribution in [3.05, 3.63) is 55.3 Å². The van der Waals surface area contributed by atoms with E-state index in [4.69, 9.17) is 24.3 Å². The van der Waals surface area contributed by atoms with Crippen LogP contribution in [0.15, 0.2) is 32.8 Å². The highest BCUT2D eigenvalue weighted by atomic mass is 31.2. The minimum atomic E-state index is -3.83. The largest absolute Gasteiger partial charge is 0.383 e. The molecule has 3 N–H and O–H groups in total. The lowest BCUT2D eigenvalue weighted by Gasteiger charge is -2.44. The Balaban J connectivity index is 1.61. The molecule has 20 heteroatoms. The van der Waals surface area contributed by atoms with Crippen molar-refractivity contribution in [1.82, 2.24) is 38.0 Å². The number of H-pyrrole nitrogens is 1. The van der Waals surface area contributed by atoms with Crippen molar-refractivity contribution in [3.63, 3.8) is 0 Å². The maximum absolute atomic E-state index is 14.8. The van der Waals surface area contributed by atoms with Crippen molar-refractivity contribution >= 4 is 21.0 Å². The Morgan fingerprint density at radius 2 is 1.60 bits per heavy atom. The molecule has 47 heavy (non-hydrogen) atoms. The molecule has 0 bridgehead atoms. The first-order valence-corrected chi connectivity index (χ1v) is 18.8. The molecule has 0 radical (unpaired) electrons. The van der Waals surface area contributed by atoms with E-state index in [1.165, 1.54) is 43.6 Å². The summed E-state index contributed by atoms with van der Waals surface area (Å²) < 4.78 is 59.3. The number of aryl methyl sites for hydroxylation is 1. The Hall–Kier alpha value is -2.50. The second kappa shape index (κ2) is 14.9. The van der Waals surface area contributed by atoms with Crippen LogP contribution in [0.5, 0.6) is 0 Å². The van der Waals surface area contributed by atoms with Crippen LogP contribution < -0.4 is 22.7 Å². The first-order valence-electron chi connectivity index (χ1n) is 15.2. The number of rotatable bonds is 12. The number of aromatic amines is 1. The SMILES string of the molecule is Cc1cn([C@H]2CN(P(=O)(OC[C@@H]3CN(C(C)C)C[C@H](n4ccc(N)nc4=O)O3)N(C)C)C[C@@H](COP(C)(=O)N(C)C)O2)c(=O)[nH]c1=O. The number of aromatic nitrogens is 4. The summed E-state index contributed by atoms with van der Waals surface area (Å²) >= 11 is 0. The summed E-state index contributed by atoms with van der Waals surface area (Å²) in [7, 11) is -0.496. The normalized spacial score (nSPS) is 25.7. The summed E-state index contributed by atoms with van der Waals surface area (Å²) in [5.74, 6) is 0.102. The predicted octanol–water partition coefficient (Wildman–Crippen LogP) is 0.579. The number of morpholine rings is 2. The molecular formula is C27H47N9O9P2. The van der Waals surface area contributed by atoms with Gasteiger partial charge in [-0.25, -0.2) is 23.6 Å². The summed E-state index contributed by atoms with van der Waals surface area (Å²) in [5.41, 5.74) is 4.18. The average molecular weight is 704 g/mol. The van der Waals surface area contributed by atoms with Crippen LogP contribution in [0.4, 0.5) is 5.82 Å². The number of nitrogens with two attached hydrogens (primary N) is 1. The van der Waals surface area contributed by atoms with Crippen LogP contribution in [0.1, 0.15) is 31.9 Å². The van der Waals surface area contributed by atoms with Gasteiger partial charge in [-0.1, -0.05) is 0 Å². The van der Waals surface area contributed by atoms with Gasteiger partial charge in [0, 0.05) is 50.3 Å². The first-order chi connectivity index (χ1) is 21.9. The van der Waals surface area contributed by atoms with E-state index in [-0.39, 0.29) is 43.7 Å². The third-order valence-electron chi connectivity index (χ3n) is 8.18. The molecule has 2 unspecified atom stereocenters. The highest BCUT2D eigenvalue weighted by Gasteiger charge is 2.44. The molecule has 2 fully saturated rings. The second-order valence-electron chi connectivity index (χ2n) is 12.4. The van der Waals surface area contributed by atoms with Gasteiger partial charge < -0.3 is 24.3 Å². The van der Waals surface area contributed by atoms with E-state index in [9.17, 15) is 23.5 Å². The smallest absolute Gasteiger partial charge is 0.351 e.